The Labute approximate surface area is 110 Å². The molecule has 0 radical (unpaired) electrons. The largest absolute Gasteiger partial charge is 0.385 e. The van der Waals surface area contributed by atoms with Crippen LogP contribution in [0.5, 0.6) is 0 Å². The summed E-state index contributed by atoms with van der Waals surface area (Å²) in [5.74, 6) is 0.646. The second-order valence-electron chi connectivity index (χ2n) is 4.54. The lowest BCUT2D eigenvalue weighted by molar-refractivity contribution is 0.188. The second-order valence-corrected chi connectivity index (χ2v) is 4.54. The fourth-order valence-electron chi connectivity index (χ4n) is 1.99. The van der Waals surface area contributed by atoms with Crippen LogP contribution in [-0.4, -0.2) is 31.3 Å². The maximum absolute atomic E-state index is 5.89. The summed E-state index contributed by atoms with van der Waals surface area (Å²) in [6, 6.07) is 4.45. The summed E-state index contributed by atoms with van der Waals surface area (Å²) in [5.41, 5.74) is 7.02. The van der Waals surface area contributed by atoms with Crippen molar-refractivity contribution in [1.29, 1.82) is 0 Å². The minimum Gasteiger partial charge on any atom is -0.385 e. The third kappa shape index (κ3) is 5.47. The molecule has 0 aliphatic carbocycles. The third-order valence-corrected chi connectivity index (χ3v) is 2.98. The molecule has 1 unspecified atom stereocenters. The zero-order valence-corrected chi connectivity index (χ0v) is 11.5. The summed E-state index contributed by atoms with van der Waals surface area (Å²) in [5, 5.41) is 3.57. The molecule has 1 atom stereocenters. The van der Waals surface area contributed by atoms with Crippen LogP contribution < -0.4 is 11.1 Å². The standard InChI is InChI=1S/C14H25N3O/c1-3-8-16-13(7-5-10-18-2)11-12-6-4-9-17-14(12)15/h4,6,9,13,16H,3,5,7-8,10-11H2,1-2H3,(H2,15,17). The highest BCUT2D eigenvalue weighted by Gasteiger charge is 2.10. The molecule has 3 N–H and O–H groups in total. The van der Waals surface area contributed by atoms with Crippen LogP contribution >= 0.6 is 0 Å². The number of anilines is 1. The van der Waals surface area contributed by atoms with E-state index in [0.717, 1.165) is 44.4 Å². The van der Waals surface area contributed by atoms with E-state index >= 15 is 0 Å². The van der Waals surface area contributed by atoms with E-state index in [2.05, 4.69) is 23.3 Å². The molecular formula is C14H25N3O. The molecule has 1 rings (SSSR count). The molecule has 0 bridgehead atoms. The summed E-state index contributed by atoms with van der Waals surface area (Å²) < 4.78 is 5.11. The molecule has 0 amide bonds. The maximum atomic E-state index is 5.89. The highest BCUT2D eigenvalue weighted by atomic mass is 16.5. The number of methoxy groups -OCH3 is 1. The van der Waals surface area contributed by atoms with Crippen LogP contribution in [0.3, 0.4) is 0 Å². The van der Waals surface area contributed by atoms with Gasteiger partial charge >= 0.3 is 0 Å². The third-order valence-electron chi connectivity index (χ3n) is 2.98. The first-order chi connectivity index (χ1) is 8.77. The van der Waals surface area contributed by atoms with Crippen molar-refractivity contribution in [1.82, 2.24) is 10.3 Å². The van der Waals surface area contributed by atoms with Crippen LogP contribution in [0.25, 0.3) is 0 Å². The van der Waals surface area contributed by atoms with Gasteiger partial charge in [0.15, 0.2) is 0 Å². The lowest BCUT2D eigenvalue weighted by Crippen LogP contribution is -2.32. The van der Waals surface area contributed by atoms with Crippen LogP contribution in [0.2, 0.25) is 0 Å². The zero-order chi connectivity index (χ0) is 13.2. The van der Waals surface area contributed by atoms with Gasteiger partial charge in [-0.3, -0.25) is 0 Å². The van der Waals surface area contributed by atoms with E-state index in [1.807, 2.05) is 6.07 Å². The van der Waals surface area contributed by atoms with E-state index < -0.39 is 0 Å². The fraction of sp³-hybridized carbons (Fsp3) is 0.643. The van der Waals surface area contributed by atoms with Gasteiger partial charge in [-0.25, -0.2) is 4.98 Å². The van der Waals surface area contributed by atoms with Crippen molar-refractivity contribution in [2.75, 3.05) is 26.0 Å². The van der Waals surface area contributed by atoms with Crippen LogP contribution in [0.1, 0.15) is 31.7 Å². The normalized spacial score (nSPS) is 12.6. The summed E-state index contributed by atoms with van der Waals surface area (Å²) in [4.78, 5) is 4.13. The van der Waals surface area contributed by atoms with Crippen molar-refractivity contribution in [3.63, 3.8) is 0 Å². The maximum Gasteiger partial charge on any atom is 0.126 e. The molecule has 0 saturated carbocycles. The molecule has 0 aliphatic heterocycles. The van der Waals surface area contributed by atoms with Crippen molar-refractivity contribution in [3.05, 3.63) is 23.9 Å². The fourth-order valence-corrected chi connectivity index (χ4v) is 1.99. The number of nitrogens with zero attached hydrogens (tertiary/aromatic N) is 1. The molecule has 1 aromatic heterocycles. The first kappa shape index (κ1) is 14.9. The van der Waals surface area contributed by atoms with Crippen molar-refractivity contribution < 1.29 is 4.74 Å². The molecule has 102 valence electrons. The van der Waals surface area contributed by atoms with E-state index in [0.29, 0.717) is 11.9 Å². The monoisotopic (exact) mass is 251 g/mol. The second kappa shape index (κ2) is 8.89. The number of hydrogen-bond acceptors (Lipinski definition) is 4. The molecule has 0 fully saturated rings. The number of pyridine rings is 1. The molecule has 4 heteroatoms. The van der Waals surface area contributed by atoms with Gasteiger partial charge in [-0.1, -0.05) is 13.0 Å². The molecule has 1 aromatic rings. The minimum atomic E-state index is 0.451. The lowest BCUT2D eigenvalue weighted by atomic mass is 10.0. The van der Waals surface area contributed by atoms with Crippen molar-refractivity contribution in [3.8, 4) is 0 Å². The predicted octanol–water partition coefficient (Wildman–Crippen LogP) is 2.00. The number of ether oxygens (including phenoxy) is 1. The van der Waals surface area contributed by atoms with E-state index in [1.165, 1.54) is 0 Å². The van der Waals surface area contributed by atoms with Crippen LogP contribution in [0.15, 0.2) is 18.3 Å². The van der Waals surface area contributed by atoms with Gasteiger partial charge in [0.2, 0.25) is 0 Å². The van der Waals surface area contributed by atoms with E-state index in [-0.39, 0.29) is 0 Å². The quantitative estimate of drug-likeness (QED) is 0.659. The van der Waals surface area contributed by atoms with E-state index in [9.17, 15) is 0 Å². The molecule has 0 aliphatic rings. The number of rotatable bonds is 9. The Morgan fingerprint density at radius 2 is 2.33 bits per heavy atom. The number of nitrogen functional groups attached to an aromatic ring is 1. The average Bonchev–Trinajstić information content (AvgIpc) is 2.38. The van der Waals surface area contributed by atoms with Gasteiger partial charge in [0.1, 0.15) is 5.82 Å². The first-order valence-electron chi connectivity index (χ1n) is 6.69. The topological polar surface area (TPSA) is 60.2 Å². The molecule has 18 heavy (non-hydrogen) atoms. The molecule has 0 aromatic carbocycles. The highest BCUT2D eigenvalue weighted by molar-refractivity contribution is 5.38. The predicted molar refractivity (Wildman–Crippen MR) is 75.5 cm³/mol. The first-order valence-corrected chi connectivity index (χ1v) is 6.69. The van der Waals surface area contributed by atoms with Gasteiger partial charge in [-0.15, -0.1) is 0 Å². The SMILES string of the molecule is CCCNC(CCCOC)Cc1cccnc1N. The Morgan fingerprint density at radius 3 is 3.00 bits per heavy atom. The highest BCUT2D eigenvalue weighted by Crippen LogP contribution is 2.12. The molecule has 4 nitrogen and oxygen atoms in total. The van der Waals surface area contributed by atoms with Crippen molar-refractivity contribution >= 4 is 5.82 Å². The smallest absolute Gasteiger partial charge is 0.126 e. The number of nitrogens with one attached hydrogen (secondary N) is 1. The molecule has 1 heterocycles. The summed E-state index contributed by atoms with van der Waals surface area (Å²) in [6.45, 7) is 4.03. The Balaban J connectivity index is 2.51. The molecule has 0 saturated heterocycles. The Kier molecular flexibility index (Phi) is 7.37. The van der Waals surface area contributed by atoms with Crippen molar-refractivity contribution in [2.45, 2.75) is 38.6 Å². The van der Waals surface area contributed by atoms with Crippen LogP contribution in [-0.2, 0) is 11.2 Å². The van der Waals surface area contributed by atoms with Gasteiger partial charge in [0.05, 0.1) is 0 Å². The number of aromatic nitrogens is 1. The van der Waals surface area contributed by atoms with Gasteiger partial charge in [0, 0.05) is 26.0 Å². The Morgan fingerprint density at radius 1 is 1.50 bits per heavy atom. The number of nitrogens with two attached hydrogens (primary N) is 1. The van der Waals surface area contributed by atoms with Gasteiger partial charge < -0.3 is 15.8 Å². The van der Waals surface area contributed by atoms with Gasteiger partial charge in [0.25, 0.3) is 0 Å². The molecule has 0 spiro atoms. The Bertz CT molecular complexity index is 331. The van der Waals surface area contributed by atoms with E-state index in [1.54, 1.807) is 13.3 Å². The number of hydrogen-bond donors (Lipinski definition) is 2. The summed E-state index contributed by atoms with van der Waals surface area (Å²) >= 11 is 0. The van der Waals surface area contributed by atoms with E-state index in [4.69, 9.17) is 10.5 Å². The summed E-state index contributed by atoms with van der Waals surface area (Å²) in [7, 11) is 1.74. The van der Waals surface area contributed by atoms with Crippen LogP contribution in [0.4, 0.5) is 5.82 Å². The van der Waals surface area contributed by atoms with Gasteiger partial charge in [-0.05, 0) is 43.9 Å². The van der Waals surface area contributed by atoms with Crippen molar-refractivity contribution in [2.24, 2.45) is 0 Å². The van der Waals surface area contributed by atoms with Gasteiger partial charge in [-0.2, -0.15) is 0 Å². The Hall–Kier alpha value is -1.13. The molecular weight excluding hydrogens is 226 g/mol. The lowest BCUT2D eigenvalue weighted by Gasteiger charge is -2.19. The average molecular weight is 251 g/mol. The summed E-state index contributed by atoms with van der Waals surface area (Å²) in [6.07, 6.45) is 5.98. The zero-order valence-electron chi connectivity index (χ0n) is 11.5. The van der Waals surface area contributed by atoms with Crippen LogP contribution in [0, 0.1) is 0 Å². The minimum absolute atomic E-state index is 0.451.